The van der Waals surface area contributed by atoms with E-state index in [0.29, 0.717) is 16.2 Å². The molecule has 2 aromatic rings. The minimum atomic E-state index is -1.05. The molecule has 1 fully saturated rings. The summed E-state index contributed by atoms with van der Waals surface area (Å²) in [6.45, 7) is 2.13. The summed E-state index contributed by atoms with van der Waals surface area (Å²) in [5.74, 6) is -0.624. The van der Waals surface area contributed by atoms with Crippen molar-refractivity contribution in [2.45, 2.75) is 18.8 Å². The van der Waals surface area contributed by atoms with Gasteiger partial charge in [0.05, 0.1) is 5.69 Å². The number of carboxylic acid groups (broad SMARTS) is 1. The van der Waals surface area contributed by atoms with E-state index in [0.717, 1.165) is 31.6 Å². The summed E-state index contributed by atoms with van der Waals surface area (Å²) in [5.41, 5.74) is 1.55. The Labute approximate surface area is 124 Å². The zero-order valence-corrected chi connectivity index (χ0v) is 12.7. The van der Waals surface area contributed by atoms with Crippen LogP contribution in [0, 0.1) is 0 Å². The predicted molar refractivity (Wildman–Crippen MR) is 77.1 cm³/mol. The zero-order valence-electron chi connectivity index (χ0n) is 11.1. The van der Waals surface area contributed by atoms with Crippen LogP contribution in [-0.4, -0.2) is 50.7 Å². The quantitative estimate of drug-likeness (QED) is 0.906. The SMILES string of the molecule is CN1CCC(c2ccc3nc(C(=O)O)c(Br)n3n2)CC1. The average Bonchev–Trinajstić information content (AvgIpc) is 2.77. The molecule has 1 saturated heterocycles. The number of aromatic carboxylic acids is 1. The van der Waals surface area contributed by atoms with E-state index in [2.05, 4.69) is 38.0 Å². The molecule has 20 heavy (non-hydrogen) atoms. The predicted octanol–water partition coefficient (Wildman–Crippen LogP) is 2.00. The van der Waals surface area contributed by atoms with Crippen molar-refractivity contribution in [3.63, 3.8) is 0 Å². The van der Waals surface area contributed by atoms with Crippen LogP contribution in [0.3, 0.4) is 0 Å². The van der Waals surface area contributed by atoms with E-state index >= 15 is 0 Å². The Balaban J connectivity index is 1.98. The maximum absolute atomic E-state index is 11.1. The van der Waals surface area contributed by atoms with Crippen LogP contribution in [0.5, 0.6) is 0 Å². The number of halogens is 1. The van der Waals surface area contributed by atoms with Gasteiger partial charge in [0.1, 0.15) is 4.60 Å². The number of rotatable bonds is 2. The number of carbonyl (C=O) groups is 1. The van der Waals surface area contributed by atoms with Crippen molar-refractivity contribution < 1.29 is 9.90 Å². The molecule has 1 aliphatic heterocycles. The highest BCUT2D eigenvalue weighted by atomic mass is 79.9. The first-order valence-electron chi connectivity index (χ1n) is 6.53. The number of fused-ring (bicyclic) bond motifs is 1. The van der Waals surface area contributed by atoms with Crippen LogP contribution in [0.1, 0.15) is 34.9 Å². The van der Waals surface area contributed by atoms with E-state index in [4.69, 9.17) is 5.11 Å². The Kier molecular flexibility index (Phi) is 3.47. The highest BCUT2D eigenvalue weighted by molar-refractivity contribution is 9.10. The van der Waals surface area contributed by atoms with Gasteiger partial charge in [-0.05, 0) is 61.0 Å². The van der Waals surface area contributed by atoms with Crippen molar-refractivity contribution in [2.24, 2.45) is 0 Å². The first-order valence-corrected chi connectivity index (χ1v) is 7.32. The maximum Gasteiger partial charge on any atom is 0.357 e. The first kappa shape index (κ1) is 13.5. The van der Waals surface area contributed by atoms with Gasteiger partial charge in [-0.25, -0.2) is 14.3 Å². The Bertz CT molecular complexity index is 662. The standard InChI is InChI=1S/C13H15BrN4O2/c1-17-6-4-8(5-7-17)9-2-3-10-15-11(13(19)20)12(14)18(10)16-9/h2-3,8H,4-7H2,1H3,(H,19,20). The lowest BCUT2D eigenvalue weighted by Gasteiger charge is -2.28. The number of piperidine rings is 1. The summed E-state index contributed by atoms with van der Waals surface area (Å²) in [6, 6.07) is 3.79. The molecule has 1 N–H and O–H groups in total. The third-order valence-electron chi connectivity index (χ3n) is 3.78. The number of nitrogens with zero attached hydrogens (tertiary/aromatic N) is 4. The molecule has 0 aromatic carbocycles. The maximum atomic E-state index is 11.1. The van der Waals surface area contributed by atoms with Gasteiger partial charge in [-0.1, -0.05) is 0 Å². The van der Waals surface area contributed by atoms with Gasteiger partial charge in [0.2, 0.25) is 0 Å². The molecule has 2 aromatic heterocycles. The molecule has 0 atom stereocenters. The largest absolute Gasteiger partial charge is 0.476 e. The molecule has 0 amide bonds. The summed E-state index contributed by atoms with van der Waals surface area (Å²) in [7, 11) is 2.12. The molecule has 0 saturated carbocycles. The van der Waals surface area contributed by atoms with Crippen LogP contribution >= 0.6 is 15.9 Å². The van der Waals surface area contributed by atoms with Crippen molar-refractivity contribution >= 4 is 27.5 Å². The molecule has 0 aliphatic carbocycles. The van der Waals surface area contributed by atoms with E-state index < -0.39 is 5.97 Å². The Morgan fingerprint density at radius 1 is 1.40 bits per heavy atom. The number of hydrogen-bond donors (Lipinski definition) is 1. The van der Waals surface area contributed by atoms with Crippen LogP contribution in [0.25, 0.3) is 5.65 Å². The summed E-state index contributed by atoms with van der Waals surface area (Å²) < 4.78 is 1.96. The Hall–Kier alpha value is -1.47. The lowest BCUT2D eigenvalue weighted by molar-refractivity contribution is 0.0690. The summed E-state index contributed by atoms with van der Waals surface area (Å²) >= 11 is 3.27. The van der Waals surface area contributed by atoms with E-state index in [1.165, 1.54) is 0 Å². The number of hydrogen-bond acceptors (Lipinski definition) is 4. The lowest BCUT2D eigenvalue weighted by Crippen LogP contribution is -2.29. The van der Waals surface area contributed by atoms with Gasteiger partial charge in [-0.15, -0.1) is 0 Å². The number of carboxylic acids is 1. The Morgan fingerprint density at radius 3 is 2.75 bits per heavy atom. The monoisotopic (exact) mass is 338 g/mol. The molecule has 3 rings (SSSR count). The van der Waals surface area contributed by atoms with E-state index in [1.807, 2.05) is 12.1 Å². The number of aromatic nitrogens is 3. The van der Waals surface area contributed by atoms with Crippen LogP contribution in [-0.2, 0) is 0 Å². The molecule has 0 unspecified atom stereocenters. The van der Waals surface area contributed by atoms with Crippen LogP contribution in [0.4, 0.5) is 0 Å². The summed E-state index contributed by atoms with van der Waals surface area (Å²) in [6.07, 6.45) is 2.15. The molecular weight excluding hydrogens is 324 g/mol. The topological polar surface area (TPSA) is 70.7 Å². The van der Waals surface area contributed by atoms with Crippen molar-refractivity contribution in [1.82, 2.24) is 19.5 Å². The highest BCUT2D eigenvalue weighted by Gasteiger charge is 2.22. The van der Waals surface area contributed by atoms with Gasteiger partial charge in [0.25, 0.3) is 0 Å². The Morgan fingerprint density at radius 2 is 2.10 bits per heavy atom. The fourth-order valence-electron chi connectivity index (χ4n) is 2.58. The number of imidazole rings is 1. The van der Waals surface area contributed by atoms with Gasteiger partial charge in [-0.2, -0.15) is 5.10 Å². The molecule has 0 spiro atoms. The zero-order chi connectivity index (χ0) is 14.3. The smallest absolute Gasteiger partial charge is 0.357 e. The third kappa shape index (κ3) is 2.31. The van der Waals surface area contributed by atoms with Crippen molar-refractivity contribution in [3.05, 3.63) is 28.1 Å². The van der Waals surface area contributed by atoms with E-state index in [1.54, 1.807) is 4.52 Å². The average molecular weight is 339 g/mol. The van der Waals surface area contributed by atoms with Crippen molar-refractivity contribution in [3.8, 4) is 0 Å². The fraction of sp³-hybridized carbons (Fsp3) is 0.462. The molecule has 0 radical (unpaired) electrons. The van der Waals surface area contributed by atoms with Crippen LogP contribution in [0.15, 0.2) is 16.7 Å². The summed E-state index contributed by atoms with van der Waals surface area (Å²) in [5, 5.41) is 13.6. The highest BCUT2D eigenvalue weighted by Crippen LogP contribution is 2.27. The lowest BCUT2D eigenvalue weighted by atomic mass is 9.94. The van der Waals surface area contributed by atoms with Gasteiger partial charge in [-0.3, -0.25) is 0 Å². The van der Waals surface area contributed by atoms with Crippen molar-refractivity contribution in [2.75, 3.05) is 20.1 Å². The van der Waals surface area contributed by atoms with Gasteiger partial charge >= 0.3 is 5.97 Å². The molecule has 6 nitrogen and oxygen atoms in total. The molecule has 1 aliphatic rings. The summed E-state index contributed by atoms with van der Waals surface area (Å²) in [4.78, 5) is 17.4. The van der Waals surface area contributed by atoms with Gasteiger partial charge < -0.3 is 10.0 Å². The minimum Gasteiger partial charge on any atom is -0.476 e. The van der Waals surface area contributed by atoms with E-state index in [-0.39, 0.29) is 5.69 Å². The fourth-order valence-corrected chi connectivity index (χ4v) is 3.10. The van der Waals surface area contributed by atoms with Gasteiger partial charge in [0.15, 0.2) is 11.3 Å². The number of likely N-dealkylation sites (tertiary alicyclic amines) is 1. The van der Waals surface area contributed by atoms with Crippen LogP contribution in [0.2, 0.25) is 0 Å². The second-order valence-electron chi connectivity index (χ2n) is 5.16. The van der Waals surface area contributed by atoms with E-state index in [9.17, 15) is 4.79 Å². The third-order valence-corrected chi connectivity index (χ3v) is 4.49. The minimum absolute atomic E-state index is 0.00183. The molecule has 106 valence electrons. The van der Waals surface area contributed by atoms with Gasteiger partial charge in [0, 0.05) is 5.92 Å². The second kappa shape index (κ2) is 5.14. The second-order valence-corrected chi connectivity index (χ2v) is 5.91. The molecule has 3 heterocycles. The van der Waals surface area contributed by atoms with Crippen LogP contribution < -0.4 is 0 Å². The molecular formula is C13H15BrN4O2. The normalized spacial score (nSPS) is 17.7. The molecule has 0 bridgehead atoms. The van der Waals surface area contributed by atoms with Crippen molar-refractivity contribution in [1.29, 1.82) is 0 Å². The molecule has 7 heteroatoms. The first-order chi connectivity index (χ1) is 9.56.